The Morgan fingerprint density at radius 3 is 1.58 bits per heavy atom. The molecule has 0 spiro atoms. The van der Waals surface area contributed by atoms with Crippen LogP contribution in [0.2, 0.25) is 0 Å². The maximum Gasteiger partial charge on any atom is 0.184 e. The Hall–Kier alpha value is -2.58. The second-order valence-electron chi connectivity index (χ2n) is 8.08. The van der Waals surface area contributed by atoms with E-state index < -0.39 is 30.7 Å². The second kappa shape index (κ2) is 12.0. The van der Waals surface area contributed by atoms with Gasteiger partial charge in [-0.3, -0.25) is 0 Å². The van der Waals surface area contributed by atoms with Crippen molar-refractivity contribution in [2.24, 2.45) is 0 Å². The van der Waals surface area contributed by atoms with Crippen LogP contribution in [0.4, 0.5) is 0 Å². The molecule has 2 N–H and O–H groups in total. The van der Waals surface area contributed by atoms with Gasteiger partial charge in [-0.1, -0.05) is 91.0 Å². The van der Waals surface area contributed by atoms with Crippen LogP contribution in [0.25, 0.3) is 0 Å². The van der Waals surface area contributed by atoms with Gasteiger partial charge in [0.05, 0.1) is 26.4 Å². The summed E-state index contributed by atoms with van der Waals surface area (Å²) in [7, 11) is 0. The maximum absolute atomic E-state index is 10.7. The van der Waals surface area contributed by atoms with Crippen molar-refractivity contribution >= 4 is 0 Å². The summed E-state index contributed by atoms with van der Waals surface area (Å²) in [6, 6.07) is 29.3. The molecule has 4 rings (SSSR count). The van der Waals surface area contributed by atoms with Crippen LogP contribution in [0, 0.1) is 0 Å². The number of aliphatic hydroxyl groups excluding tert-OH is 2. The fourth-order valence-electron chi connectivity index (χ4n) is 3.84. The highest BCUT2D eigenvalue weighted by atomic mass is 16.7. The molecule has 3 aromatic rings. The molecule has 0 saturated carbocycles. The van der Waals surface area contributed by atoms with E-state index in [2.05, 4.69) is 0 Å². The Labute approximate surface area is 194 Å². The van der Waals surface area contributed by atoms with E-state index in [1.165, 1.54) is 0 Å². The topological polar surface area (TPSA) is 77.4 Å². The van der Waals surface area contributed by atoms with Gasteiger partial charge >= 0.3 is 0 Å². The Bertz CT molecular complexity index is 937. The molecule has 1 heterocycles. The zero-order valence-corrected chi connectivity index (χ0v) is 18.4. The number of rotatable bonds is 10. The average molecular weight is 451 g/mol. The lowest BCUT2D eigenvalue weighted by atomic mass is 9.98. The smallest absolute Gasteiger partial charge is 0.184 e. The fraction of sp³-hybridized carbons (Fsp3) is 0.333. The molecular weight excluding hydrogens is 420 g/mol. The Kier molecular flexibility index (Phi) is 8.60. The van der Waals surface area contributed by atoms with Crippen molar-refractivity contribution < 1.29 is 29.2 Å². The van der Waals surface area contributed by atoms with E-state index in [9.17, 15) is 10.2 Å². The summed E-state index contributed by atoms with van der Waals surface area (Å²) in [5, 5.41) is 21.1. The predicted molar refractivity (Wildman–Crippen MR) is 123 cm³/mol. The van der Waals surface area contributed by atoms with E-state index in [4.69, 9.17) is 18.9 Å². The van der Waals surface area contributed by atoms with E-state index >= 15 is 0 Å². The predicted octanol–water partition coefficient (Wildman–Crippen LogP) is 3.45. The number of hydrogen-bond donors (Lipinski definition) is 2. The average Bonchev–Trinajstić information content (AvgIpc) is 2.86. The molecule has 6 nitrogen and oxygen atoms in total. The van der Waals surface area contributed by atoms with Gasteiger partial charge in [-0.2, -0.15) is 0 Å². The first-order valence-electron chi connectivity index (χ1n) is 11.1. The van der Waals surface area contributed by atoms with Gasteiger partial charge in [-0.15, -0.1) is 0 Å². The first-order chi connectivity index (χ1) is 16.2. The molecular formula is C27H30O6. The molecule has 33 heavy (non-hydrogen) atoms. The van der Waals surface area contributed by atoms with Crippen molar-refractivity contribution in [2.45, 2.75) is 50.5 Å². The Balaban J connectivity index is 1.46. The zero-order chi connectivity index (χ0) is 22.9. The molecule has 1 fully saturated rings. The summed E-state index contributed by atoms with van der Waals surface area (Å²) in [6.07, 6.45) is -4.68. The van der Waals surface area contributed by atoms with E-state index in [1.807, 2.05) is 91.0 Å². The summed E-state index contributed by atoms with van der Waals surface area (Å²) in [6.45, 7) is 1.18. The summed E-state index contributed by atoms with van der Waals surface area (Å²) in [4.78, 5) is 0. The Morgan fingerprint density at radius 2 is 1.06 bits per heavy atom. The van der Waals surface area contributed by atoms with Crippen molar-refractivity contribution in [3.8, 4) is 0 Å². The van der Waals surface area contributed by atoms with Gasteiger partial charge in [0.2, 0.25) is 0 Å². The fourth-order valence-corrected chi connectivity index (χ4v) is 3.84. The van der Waals surface area contributed by atoms with Crippen LogP contribution < -0.4 is 0 Å². The lowest BCUT2D eigenvalue weighted by Gasteiger charge is -2.42. The second-order valence-corrected chi connectivity index (χ2v) is 8.08. The molecule has 0 bridgehead atoms. The standard InChI is InChI=1S/C27H30O6/c28-24-26(32-18-22-14-8-3-9-15-22)25(31-17-21-12-6-2-7-13-21)23(33-27(24)29)19-30-16-20-10-4-1-5-11-20/h1-15,23-29H,16-19H2/t23?,24-,25-,26+,27+/m0/s1. The molecule has 0 radical (unpaired) electrons. The minimum Gasteiger partial charge on any atom is -0.385 e. The first-order valence-corrected chi connectivity index (χ1v) is 11.1. The van der Waals surface area contributed by atoms with E-state index in [-0.39, 0.29) is 13.2 Å². The van der Waals surface area contributed by atoms with Gasteiger partial charge in [0.15, 0.2) is 6.29 Å². The monoisotopic (exact) mass is 450 g/mol. The summed E-state index contributed by atoms with van der Waals surface area (Å²) in [5.74, 6) is 0. The molecule has 0 aromatic heterocycles. The minimum absolute atomic E-state index is 0.184. The molecule has 1 saturated heterocycles. The third-order valence-electron chi connectivity index (χ3n) is 5.60. The number of ether oxygens (including phenoxy) is 4. The van der Waals surface area contributed by atoms with Gasteiger partial charge in [0.25, 0.3) is 0 Å². The molecule has 6 heteroatoms. The zero-order valence-electron chi connectivity index (χ0n) is 18.4. The van der Waals surface area contributed by atoms with Crippen molar-refractivity contribution in [1.29, 1.82) is 0 Å². The molecule has 1 unspecified atom stereocenters. The van der Waals surface area contributed by atoms with Crippen LogP contribution in [0.5, 0.6) is 0 Å². The van der Waals surface area contributed by atoms with Crippen LogP contribution in [0.15, 0.2) is 91.0 Å². The van der Waals surface area contributed by atoms with Crippen molar-refractivity contribution in [2.75, 3.05) is 6.61 Å². The van der Waals surface area contributed by atoms with E-state index in [1.54, 1.807) is 0 Å². The lowest BCUT2D eigenvalue weighted by Crippen LogP contribution is -2.60. The number of aliphatic hydroxyl groups is 2. The van der Waals surface area contributed by atoms with E-state index in [0.29, 0.717) is 13.2 Å². The molecule has 174 valence electrons. The number of benzene rings is 3. The quantitative estimate of drug-likeness (QED) is 0.493. The molecule has 1 aliphatic rings. The van der Waals surface area contributed by atoms with Gasteiger partial charge in [0, 0.05) is 0 Å². The third kappa shape index (κ3) is 6.71. The van der Waals surface area contributed by atoms with Crippen LogP contribution in [-0.4, -0.2) is 47.5 Å². The first kappa shape index (κ1) is 23.6. The molecule has 5 atom stereocenters. The normalized spacial score (nSPS) is 25.1. The molecule has 0 amide bonds. The van der Waals surface area contributed by atoms with E-state index in [0.717, 1.165) is 16.7 Å². The van der Waals surface area contributed by atoms with Gasteiger partial charge in [-0.05, 0) is 16.7 Å². The molecule has 3 aromatic carbocycles. The third-order valence-corrected chi connectivity index (χ3v) is 5.60. The largest absolute Gasteiger partial charge is 0.385 e. The SMILES string of the molecule is O[C@H]1[C@@H](OCc2ccccc2)[C@@H](OCc2ccccc2)C(COCc2ccccc2)O[C@H]1O. The van der Waals surface area contributed by atoms with Crippen LogP contribution in [-0.2, 0) is 38.8 Å². The summed E-state index contributed by atoms with van der Waals surface area (Å²) in [5.41, 5.74) is 2.99. The molecule has 1 aliphatic heterocycles. The maximum atomic E-state index is 10.7. The lowest BCUT2D eigenvalue weighted by molar-refractivity contribution is -0.307. The van der Waals surface area contributed by atoms with Crippen LogP contribution >= 0.6 is 0 Å². The summed E-state index contributed by atoms with van der Waals surface area (Å²) < 4.78 is 23.9. The van der Waals surface area contributed by atoms with Crippen LogP contribution in [0.1, 0.15) is 16.7 Å². The van der Waals surface area contributed by atoms with Crippen molar-refractivity contribution in [1.82, 2.24) is 0 Å². The highest BCUT2D eigenvalue weighted by Crippen LogP contribution is 2.27. The highest BCUT2D eigenvalue weighted by molar-refractivity contribution is 5.15. The highest BCUT2D eigenvalue weighted by Gasteiger charge is 2.46. The van der Waals surface area contributed by atoms with Gasteiger partial charge in [0.1, 0.15) is 24.4 Å². The van der Waals surface area contributed by atoms with Crippen molar-refractivity contribution in [3.05, 3.63) is 108 Å². The number of hydrogen-bond acceptors (Lipinski definition) is 6. The Morgan fingerprint density at radius 1 is 0.606 bits per heavy atom. The summed E-state index contributed by atoms with van der Waals surface area (Å²) >= 11 is 0. The van der Waals surface area contributed by atoms with Crippen molar-refractivity contribution in [3.63, 3.8) is 0 Å². The van der Waals surface area contributed by atoms with Gasteiger partial charge < -0.3 is 29.2 Å². The molecule has 0 aliphatic carbocycles. The van der Waals surface area contributed by atoms with Crippen LogP contribution in [0.3, 0.4) is 0 Å². The minimum atomic E-state index is -1.40. The van der Waals surface area contributed by atoms with Gasteiger partial charge in [-0.25, -0.2) is 0 Å².